The van der Waals surface area contributed by atoms with Gasteiger partial charge in [0.2, 0.25) is 11.8 Å². The van der Waals surface area contributed by atoms with E-state index in [0.717, 1.165) is 4.57 Å². The largest absolute Gasteiger partial charge is 0.393 e. The molecule has 0 bridgehead atoms. The second-order valence-electron chi connectivity index (χ2n) is 6.21. The number of nitrogens with zero attached hydrogens (tertiary/aromatic N) is 1. The number of carbonyl (C=O) groups excluding carboxylic acids is 2. The van der Waals surface area contributed by atoms with E-state index in [0.29, 0.717) is 0 Å². The zero-order valence-corrected chi connectivity index (χ0v) is 14.4. The van der Waals surface area contributed by atoms with E-state index >= 15 is 0 Å². The molecule has 0 aliphatic carbocycles. The van der Waals surface area contributed by atoms with Crippen LogP contribution in [-0.4, -0.2) is 63.0 Å². The second kappa shape index (κ2) is 7.81. The maximum atomic E-state index is 12.0. The van der Waals surface area contributed by atoms with Crippen LogP contribution in [0.4, 0.5) is 0 Å². The fourth-order valence-electron chi connectivity index (χ4n) is 2.65. The Morgan fingerprint density at radius 2 is 2.12 bits per heavy atom. The van der Waals surface area contributed by atoms with Crippen LogP contribution in [0.25, 0.3) is 0 Å². The van der Waals surface area contributed by atoms with Gasteiger partial charge in [-0.25, -0.2) is 4.79 Å². The van der Waals surface area contributed by atoms with Crippen molar-refractivity contribution in [3.05, 3.63) is 32.6 Å². The van der Waals surface area contributed by atoms with Crippen molar-refractivity contribution in [3.63, 3.8) is 0 Å². The number of carbonyl (C=O) groups is 2. The lowest BCUT2D eigenvalue weighted by molar-refractivity contribution is -0.136. The molecule has 11 heteroatoms. The third kappa shape index (κ3) is 4.18. The van der Waals surface area contributed by atoms with Crippen LogP contribution in [0.5, 0.6) is 0 Å². The van der Waals surface area contributed by atoms with Crippen molar-refractivity contribution in [2.24, 2.45) is 0 Å². The average molecular weight is 370 g/mol. The number of aryl methyl sites for hydroxylation is 1. The summed E-state index contributed by atoms with van der Waals surface area (Å²) in [6.45, 7) is 1.69. The first-order valence-corrected chi connectivity index (χ1v) is 7.98. The minimum atomic E-state index is -1.51. The molecule has 2 rings (SSSR count). The molecule has 11 nitrogen and oxygen atoms in total. The highest BCUT2D eigenvalue weighted by Crippen LogP contribution is 2.35. The molecule has 0 spiro atoms. The Bertz CT molecular complexity index is 802. The zero-order valence-electron chi connectivity index (χ0n) is 14.4. The van der Waals surface area contributed by atoms with Gasteiger partial charge in [-0.15, -0.1) is 0 Å². The van der Waals surface area contributed by atoms with Crippen LogP contribution < -0.4 is 21.9 Å². The van der Waals surface area contributed by atoms with Crippen LogP contribution in [-0.2, 0) is 14.3 Å². The van der Waals surface area contributed by atoms with Crippen LogP contribution in [0.1, 0.15) is 25.1 Å². The lowest BCUT2D eigenvalue weighted by atomic mass is 9.97. The Kier molecular flexibility index (Phi) is 5.95. The molecule has 1 aliphatic heterocycles. The number of ether oxygens (including phenoxy) is 1. The standard InChI is InChI=1S/C15H22N4O7/c1-8-5-19(14(25)18-13(8)24)12-3-10(22)15(7-20,26-12)6-17-11(23)4-16-9(2)21/h5,10,12,20,22H,3-4,6-7H2,1-2H3,(H,16,21)(H,17,23)(H,18,24,25)/t10?,12-,15-/m1/s1. The molecule has 5 N–H and O–H groups in total. The van der Waals surface area contributed by atoms with Gasteiger partial charge in [0.15, 0.2) is 0 Å². The fraction of sp³-hybridized carbons (Fsp3) is 0.600. The predicted molar refractivity (Wildman–Crippen MR) is 88.3 cm³/mol. The third-order valence-corrected chi connectivity index (χ3v) is 4.21. The van der Waals surface area contributed by atoms with Crippen molar-refractivity contribution in [1.29, 1.82) is 0 Å². The SMILES string of the molecule is CC(=O)NCC(=O)NC[C@]1(CO)O[C@@H](n2cc(C)c(=O)[nH]c2=O)CC1O. The van der Waals surface area contributed by atoms with Gasteiger partial charge < -0.3 is 25.6 Å². The number of rotatable bonds is 6. The summed E-state index contributed by atoms with van der Waals surface area (Å²) in [4.78, 5) is 48.1. The molecule has 1 aromatic rings. The fourth-order valence-corrected chi connectivity index (χ4v) is 2.65. The summed E-state index contributed by atoms with van der Waals surface area (Å²) in [5, 5.41) is 24.8. The van der Waals surface area contributed by atoms with E-state index in [2.05, 4.69) is 15.6 Å². The van der Waals surface area contributed by atoms with Crippen molar-refractivity contribution in [1.82, 2.24) is 20.2 Å². The maximum absolute atomic E-state index is 12.0. The van der Waals surface area contributed by atoms with Gasteiger partial charge in [-0.3, -0.25) is 23.9 Å². The summed E-state index contributed by atoms with van der Waals surface area (Å²) < 4.78 is 6.81. The van der Waals surface area contributed by atoms with Gasteiger partial charge in [-0.05, 0) is 6.92 Å². The molecule has 26 heavy (non-hydrogen) atoms. The number of hydrogen-bond donors (Lipinski definition) is 5. The predicted octanol–water partition coefficient (Wildman–Crippen LogP) is -2.89. The molecule has 1 aliphatic rings. The molecule has 0 radical (unpaired) electrons. The van der Waals surface area contributed by atoms with Gasteiger partial charge in [-0.1, -0.05) is 0 Å². The number of aliphatic hydroxyl groups excluding tert-OH is 2. The lowest BCUT2D eigenvalue weighted by Gasteiger charge is -2.30. The van der Waals surface area contributed by atoms with E-state index in [9.17, 15) is 29.4 Å². The molecule has 0 saturated carbocycles. The van der Waals surface area contributed by atoms with Crippen LogP contribution >= 0.6 is 0 Å². The van der Waals surface area contributed by atoms with Gasteiger partial charge in [0.1, 0.15) is 11.8 Å². The number of hydrogen-bond acceptors (Lipinski definition) is 7. The molecule has 1 fully saturated rings. The van der Waals surface area contributed by atoms with Gasteiger partial charge >= 0.3 is 5.69 Å². The first kappa shape index (κ1) is 19.8. The number of aliphatic hydroxyl groups is 2. The van der Waals surface area contributed by atoms with Crippen molar-refractivity contribution >= 4 is 11.8 Å². The highest BCUT2D eigenvalue weighted by Gasteiger charge is 2.49. The van der Waals surface area contributed by atoms with Gasteiger partial charge in [0.25, 0.3) is 5.56 Å². The molecule has 2 heterocycles. The first-order valence-electron chi connectivity index (χ1n) is 7.98. The summed E-state index contributed by atoms with van der Waals surface area (Å²) in [6, 6.07) is 0. The molecule has 2 amide bonds. The molecule has 1 unspecified atom stereocenters. The Balaban J connectivity index is 2.12. The average Bonchev–Trinajstić information content (AvgIpc) is 2.91. The monoisotopic (exact) mass is 370 g/mol. The zero-order chi connectivity index (χ0) is 19.5. The quantitative estimate of drug-likeness (QED) is 0.359. The van der Waals surface area contributed by atoms with E-state index in [-0.39, 0.29) is 31.0 Å². The normalized spacial score (nSPS) is 25.1. The number of nitrogens with one attached hydrogen (secondary N) is 3. The lowest BCUT2D eigenvalue weighted by Crippen LogP contribution is -2.53. The van der Waals surface area contributed by atoms with Crippen molar-refractivity contribution < 1.29 is 24.5 Å². The Hall–Kier alpha value is -2.50. The highest BCUT2D eigenvalue weighted by atomic mass is 16.6. The molecule has 1 saturated heterocycles. The van der Waals surface area contributed by atoms with E-state index < -0.39 is 41.7 Å². The molecule has 0 aromatic carbocycles. The minimum Gasteiger partial charge on any atom is -0.393 e. The van der Waals surface area contributed by atoms with Crippen molar-refractivity contribution in [2.75, 3.05) is 19.7 Å². The topological polar surface area (TPSA) is 163 Å². The van der Waals surface area contributed by atoms with Crippen LogP contribution in [0.3, 0.4) is 0 Å². The van der Waals surface area contributed by atoms with E-state index in [1.807, 2.05) is 0 Å². The van der Waals surface area contributed by atoms with Gasteiger partial charge in [0, 0.05) is 25.1 Å². The second-order valence-corrected chi connectivity index (χ2v) is 6.21. The third-order valence-electron chi connectivity index (χ3n) is 4.21. The smallest absolute Gasteiger partial charge is 0.330 e. The summed E-state index contributed by atoms with van der Waals surface area (Å²) in [5.74, 6) is -0.897. The molecular formula is C15H22N4O7. The Morgan fingerprint density at radius 3 is 2.73 bits per heavy atom. The van der Waals surface area contributed by atoms with Crippen LogP contribution in [0.15, 0.2) is 15.8 Å². The van der Waals surface area contributed by atoms with Gasteiger partial charge in [-0.2, -0.15) is 0 Å². The van der Waals surface area contributed by atoms with Crippen molar-refractivity contribution in [2.45, 2.75) is 38.2 Å². The van der Waals surface area contributed by atoms with Gasteiger partial charge in [0.05, 0.1) is 25.8 Å². The number of amides is 2. The number of aromatic amines is 1. The maximum Gasteiger partial charge on any atom is 0.330 e. The Morgan fingerprint density at radius 1 is 1.42 bits per heavy atom. The van der Waals surface area contributed by atoms with Crippen molar-refractivity contribution in [3.8, 4) is 0 Å². The summed E-state index contributed by atoms with van der Waals surface area (Å²) >= 11 is 0. The summed E-state index contributed by atoms with van der Waals surface area (Å²) in [6.07, 6.45) is -0.806. The number of H-pyrrole nitrogens is 1. The highest BCUT2D eigenvalue weighted by molar-refractivity contribution is 5.83. The molecule has 3 atom stereocenters. The summed E-state index contributed by atoms with van der Waals surface area (Å²) in [7, 11) is 0. The summed E-state index contributed by atoms with van der Waals surface area (Å²) in [5.41, 5.74) is -2.46. The minimum absolute atomic E-state index is 0.0203. The van der Waals surface area contributed by atoms with E-state index in [4.69, 9.17) is 4.74 Å². The van der Waals surface area contributed by atoms with Crippen LogP contribution in [0, 0.1) is 6.92 Å². The first-order chi connectivity index (χ1) is 12.2. The molecule has 1 aromatic heterocycles. The molecular weight excluding hydrogens is 348 g/mol. The molecule has 144 valence electrons. The van der Waals surface area contributed by atoms with E-state index in [1.165, 1.54) is 20.0 Å². The van der Waals surface area contributed by atoms with E-state index in [1.54, 1.807) is 0 Å². The number of aromatic nitrogens is 2. The Labute approximate surface area is 148 Å². The van der Waals surface area contributed by atoms with Crippen LogP contribution in [0.2, 0.25) is 0 Å².